The van der Waals surface area contributed by atoms with Gasteiger partial charge >= 0.3 is 6.11 Å². The third-order valence-corrected chi connectivity index (χ3v) is 7.76. The molecule has 4 aromatic carbocycles. The minimum Gasteiger partial charge on any atom is -0.494 e. The maximum absolute atomic E-state index is 15.2. The van der Waals surface area contributed by atoms with Crippen LogP contribution in [0.25, 0.3) is 22.3 Å². The van der Waals surface area contributed by atoms with Gasteiger partial charge in [-0.2, -0.15) is 8.78 Å². The highest BCUT2D eigenvalue weighted by molar-refractivity contribution is 5.71. The Labute approximate surface area is 249 Å². The van der Waals surface area contributed by atoms with Crippen LogP contribution in [0.4, 0.5) is 35.1 Å². The van der Waals surface area contributed by atoms with Crippen LogP contribution in [0.1, 0.15) is 56.1 Å². The number of benzene rings is 4. The van der Waals surface area contributed by atoms with Gasteiger partial charge in [-0.25, -0.2) is 26.3 Å². The fourth-order valence-electron chi connectivity index (χ4n) is 5.48. The van der Waals surface area contributed by atoms with Gasteiger partial charge in [0, 0.05) is 17.2 Å². The summed E-state index contributed by atoms with van der Waals surface area (Å²) in [6, 6.07) is 12.6. The van der Waals surface area contributed by atoms with Crippen molar-refractivity contribution in [2.24, 2.45) is 0 Å². The highest BCUT2D eigenvalue weighted by Crippen LogP contribution is 2.41. The molecule has 1 fully saturated rings. The maximum atomic E-state index is 15.2. The molecule has 232 valence electrons. The molecular formula is C34H28F8O2. The first-order chi connectivity index (χ1) is 21.0. The molecule has 0 saturated heterocycles. The number of alkyl halides is 2. The van der Waals surface area contributed by atoms with Crippen LogP contribution < -0.4 is 4.74 Å². The zero-order valence-corrected chi connectivity index (χ0v) is 23.6. The van der Waals surface area contributed by atoms with E-state index in [9.17, 15) is 30.7 Å². The third kappa shape index (κ3) is 6.75. The molecule has 0 radical (unpaired) electrons. The quantitative estimate of drug-likeness (QED) is 0.137. The van der Waals surface area contributed by atoms with E-state index in [1.807, 2.05) is 6.92 Å². The highest BCUT2D eigenvalue weighted by atomic mass is 19.3. The normalized spacial score (nSPS) is 17.1. The van der Waals surface area contributed by atoms with Crippen LogP contribution in [0.5, 0.6) is 5.75 Å². The van der Waals surface area contributed by atoms with E-state index in [-0.39, 0.29) is 46.8 Å². The predicted octanol–water partition coefficient (Wildman–Crippen LogP) is 10.4. The number of hydrogen-bond acceptors (Lipinski definition) is 2. The van der Waals surface area contributed by atoms with Crippen molar-refractivity contribution in [1.29, 1.82) is 0 Å². The number of rotatable bonds is 9. The van der Waals surface area contributed by atoms with Crippen LogP contribution in [-0.4, -0.2) is 12.7 Å². The number of halogens is 8. The third-order valence-electron chi connectivity index (χ3n) is 7.76. The Balaban J connectivity index is 1.23. The van der Waals surface area contributed by atoms with Crippen molar-refractivity contribution in [3.8, 4) is 28.0 Å². The largest absolute Gasteiger partial charge is 0.494 e. The number of ether oxygens (including phenoxy) is 2. The van der Waals surface area contributed by atoms with Gasteiger partial charge in [0.15, 0.2) is 17.5 Å². The van der Waals surface area contributed by atoms with Crippen molar-refractivity contribution in [1.82, 2.24) is 0 Å². The average molecular weight is 621 g/mol. The van der Waals surface area contributed by atoms with E-state index in [4.69, 9.17) is 9.47 Å². The Morgan fingerprint density at radius 1 is 0.659 bits per heavy atom. The smallest absolute Gasteiger partial charge is 0.386 e. The average Bonchev–Trinajstić information content (AvgIpc) is 2.98. The summed E-state index contributed by atoms with van der Waals surface area (Å²) in [7, 11) is 0. The molecule has 1 aliphatic carbocycles. The van der Waals surface area contributed by atoms with E-state index in [1.165, 1.54) is 30.3 Å². The van der Waals surface area contributed by atoms with Gasteiger partial charge in [0.25, 0.3) is 0 Å². The van der Waals surface area contributed by atoms with Crippen LogP contribution >= 0.6 is 0 Å². The van der Waals surface area contributed by atoms with Crippen molar-refractivity contribution >= 4 is 0 Å². The Hall–Kier alpha value is -3.92. The molecule has 0 aromatic heterocycles. The molecule has 0 bridgehead atoms. The summed E-state index contributed by atoms with van der Waals surface area (Å²) in [6.07, 6.45) is -2.63. The zero-order valence-electron chi connectivity index (χ0n) is 23.6. The van der Waals surface area contributed by atoms with E-state index in [0.717, 1.165) is 18.2 Å². The fourth-order valence-corrected chi connectivity index (χ4v) is 5.48. The second-order valence-corrected chi connectivity index (χ2v) is 10.8. The van der Waals surface area contributed by atoms with Crippen molar-refractivity contribution in [3.05, 3.63) is 113 Å². The molecule has 0 amide bonds. The van der Waals surface area contributed by atoms with Gasteiger partial charge in [-0.1, -0.05) is 31.2 Å². The van der Waals surface area contributed by atoms with Crippen molar-refractivity contribution in [2.75, 3.05) is 6.61 Å². The summed E-state index contributed by atoms with van der Waals surface area (Å²) in [5.41, 5.74) is -0.370. The minimum absolute atomic E-state index is 0.0838. The van der Waals surface area contributed by atoms with Crippen LogP contribution in [-0.2, 0) is 10.8 Å². The molecule has 0 N–H and O–H groups in total. The second-order valence-electron chi connectivity index (χ2n) is 10.8. The minimum atomic E-state index is -3.84. The van der Waals surface area contributed by atoms with Crippen LogP contribution in [0.3, 0.4) is 0 Å². The molecule has 5 rings (SSSR count). The summed E-state index contributed by atoms with van der Waals surface area (Å²) in [6.45, 7) is 2.20. The first kappa shape index (κ1) is 31.5. The molecule has 0 aliphatic heterocycles. The molecule has 1 aliphatic rings. The second kappa shape index (κ2) is 13.0. The summed E-state index contributed by atoms with van der Waals surface area (Å²) in [5.74, 6) is -7.22. The van der Waals surface area contributed by atoms with Gasteiger partial charge in [-0.15, -0.1) is 0 Å². The van der Waals surface area contributed by atoms with Crippen molar-refractivity contribution in [2.45, 2.75) is 57.2 Å². The van der Waals surface area contributed by atoms with Crippen LogP contribution in [0.2, 0.25) is 0 Å². The SMILES string of the molecule is CCCOc1ccc(C(F)(F)OC2CCC(c3ccc(-c4ccc(-c5cc(F)c(F)c(F)c5)c(F)c4)c(F)c3)CC2)c(F)c1. The van der Waals surface area contributed by atoms with Gasteiger partial charge in [0.05, 0.1) is 18.3 Å². The topological polar surface area (TPSA) is 18.5 Å². The lowest BCUT2D eigenvalue weighted by Gasteiger charge is -2.31. The van der Waals surface area contributed by atoms with Crippen LogP contribution in [0, 0.1) is 34.9 Å². The van der Waals surface area contributed by atoms with Crippen molar-refractivity contribution < 1.29 is 44.6 Å². The van der Waals surface area contributed by atoms with Gasteiger partial charge in [0.2, 0.25) is 0 Å². The van der Waals surface area contributed by atoms with E-state index < -0.39 is 52.7 Å². The molecule has 1 saturated carbocycles. The summed E-state index contributed by atoms with van der Waals surface area (Å²) in [4.78, 5) is 0. The van der Waals surface area contributed by atoms with Crippen molar-refractivity contribution in [3.63, 3.8) is 0 Å². The van der Waals surface area contributed by atoms with E-state index >= 15 is 4.39 Å². The van der Waals surface area contributed by atoms with Crippen LogP contribution in [0.15, 0.2) is 66.7 Å². The van der Waals surface area contributed by atoms with Gasteiger partial charge in [0.1, 0.15) is 23.2 Å². The van der Waals surface area contributed by atoms with E-state index in [1.54, 1.807) is 6.07 Å². The van der Waals surface area contributed by atoms with E-state index in [2.05, 4.69) is 0 Å². The molecule has 0 spiro atoms. The Bertz CT molecular complexity index is 1620. The lowest BCUT2D eigenvalue weighted by atomic mass is 9.82. The molecule has 10 heteroatoms. The van der Waals surface area contributed by atoms with E-state index in [0.29, 0.717) is 43.6 Å². The Morgan fingerprint density at radius 2 is 1.27 bits per heavy atom. The monoisotopic (exact) mass is 620 g/mol. The lowest BCUT2D eigenvalue weighted by Crippen LogP contribution is -2.30. The maximum Gasteiger partial charge on any atom is 0.386 e. The zero-order chi connectivity index (χ0) is 31.6. The van der Waals surface area contributed by atoms with Gasteiger partial charge in [-0.3, -0.25) is 0 Å². The summed E-state index contributed by atoms with van der Waals surface area (Å²) >= 11 is 0. The molecule has 2 nitrogen and oxygen atoms in total. The van der Waals surface area contributed by atoms with Gasteiger partial charge < -0.3 is 9.47 Å². The van der Waals surface area contributed by atoms with Gasteiger partial charge in [-0.05, 0) is 91.1 Å². The first-order valence-corrected chi connectivity index (χ1v) is 14.2. The molecule has 0 unspecified atom stereocenters. The lowest BCUT2D eigenvalue weighted by molar-refractivity contribution is -0.278. The first-order valence-electron chi connectivity index (χ1n) is 14.2. The summed E-state index contributed by atoms with van der Waals surface area (Å²) < 4.78 is 125. The Kier molecular flexibility index (Phi) is 9.29. The molecule has 0 atom stereocenters. The standard InChI is InChI=1S/C34H28F8O2/c1-2-13-43-24-9-12-27(30(37)18-24)34(41,42)44-23-7-3-19(4-8-23)20-5-10-25(28(35)14-20)21-6-11-26(29(36)15-21)22-16-31(38)33(40)32(39)17-22/h5-6,9-12,14-19,23H,2-4,7-8,13H2,1H3. The Morgan fingerprint density at radius 3 is 1.89 bits per heavy atom. The summed E-state index contributed by atoms with van der Waals surface area (Å²) in [5, 5.41) is 0. The predicted molar refractivity (Wildman–Crippen MR) is 149 cm³/mol. The fraction of sp³-hybridized carbons (Fsp3) is 0.294. The number of hydrogen-bond donors (Lipinski definition) is 0. The molecule has 4 aromatic rings. The molecule has 0 heterocycles. The highest BCUT2D eigenvalue weighted by Gasteiger charge is 2.40. The molecule has 44 heavy (non-hydrogen) atoms. The molecular weight excluding hydrogens is 592 g/mol.